The summed E-state index contributed by atoms with van der Waals surface area (Å²) in [4.78, 5) is 42.8. The molecule has 1 amide bonds. The van der Waals surface area contributed by atoms with Crippen molar-refractivity contribution in [3.8, 4) is 22.8 Å². The van der Waals surface area contributed by atoms with Gasteiger partial charge in [-0.3, -0.25) is 19.1 Å². The molecular formula is C27H26N6O3. The maximum Gasteiger partial charge on any atom is 0.316 e. The average Bonchev–Trinajstić information content (AvgIpc) is 2.91. The smallest absolute Gasteiger partial charge is 0.316 e. The van der Waals surface area contributed by atoms with E-state index in [1.54, 1.807) is 23.9 Å². The molecule has 0 spiro atoms. The lowest BCUT2D eigenvalue weighted by Crippen LogP contribution is -2.28. The van der Waals surface area contributed by atoms with Gasteiger partial charge in [0.05, 0.1) is 30.1 Å². The summed E-state index contributed by atoms with van der Waals surface area (Å²) in [5.41, 5.74) is 7.92. The second kappa shape index (κ2) is 10.3. The van der Waals surface area contributed by atoms with E-state index < -0.39 is 17.9 Å². The summed E-state index contributed by atoms with van der Waals surface area (Å²) in [5, 5.41) is 1.25. The molecule has 2 N–H and O–H groups in total. The number of rotatable bonds is 7. The third-order valence-electron chi connectivity index (χ3n) is 5.94. The van der Waals surface area contributed by atoms with E-state index in [-0.39, 0.29) is 17.4 Å². The van der Waals surface area contributed by atoms with Crippen LogP contribution in [0.5, 0.6) is 6.01 Å². The van der Waals surface area contributed by atoms with Gasteiger partial charge < -0.3 is 10.5 Å². The van der Waals surface area contributed by atoms with Crippen LogP contribution in [0.3, 0.4) is 0 Å². The number of amidine groups is 1. The number of pyridine rings is 1. The zero-order chi connectivity index (χ0) is 25.8. The van der Waals surface area contributed by atoms with E-state index in [1.165, 1.54) is 7.11 Å². The van der Waals surface area contributed by atoms with E-state index in [0.29, 0.717) is 27.9 Å². The van der Waals surface area contributed by atoms with Crippen LogP contribution in [-0.2, 0) is 4.79 Å². The van der Waals surface area contributed by atoms with E-state index in [4.69, 9.17) is 10.5 Å². The molecular weight excluding hydrogens is 456 g/mol. The number of amides is 1. The summed E-state index contributed by atoms with van der Waals surface area (Å²) in [6.07, 6.45) is 3.25. The SMILES string of the molecule is C=NC(=NC(C)c1cc2cccc(-c3cnc(OC)nc3)c2c(=O)n1-c1ccccc1)C(C)C(N)=O. The molecule has 0 bridgehead atoms. The van der Waals surface area contributed by atoms with Crippen molar-refractivity contribution in [2.45, 2.75) is 19.9 Å². The first-order chi connectivity index (χ1) is 17.3. The van der Waals surface area contributed by atoms with E-state index in [0.717, 1.165) is 5.39 Å². The Morgan fingerprint density at radius 1 is 1.08 bits per heavy atom. The van der Waals surface area contributed by atoms with E-state index in [2.05, 4.69) is 26.7 Å². The fraction of sp³-hybridized carbons (Fsp3) is 0.185. The van der Waals surface area contributed by atoms with Crippen molar-refractivity contribution < 1.29 is 9.53 Å². The summed E-state index contributed by atoms with van der Waals surface area (Å²) in [7, 11) is 1.49. The number of benzene rings is 2. The molecule has 2 aromatic carbocycles. The summed E-state index contributed by atoms with van der Waals surface area (Å²) in [6.45, 7) is 6.99. The molecule has 0 aliphatic rings. The number of primary amides is 1. The Labute approximate surface area is 208 Å². The Balaban J connectivity index is 2.00. The maximum absolute atomic E-state index is 14.1. The average molecular weight is 483 g/mol. The van der Waals surface area contributed by atoms with Gasteiger partial charge in [-0.1, -0.05) is 36.4 Å². The number of aliphatic imine (C=N–C) groups is 2. The Hall–Kier alpha value is -4.66. The second-order valence-corrected chi connectivity index (χ2v) is 8.22. The molecule has 4 aromatic rings. The molecule has 0 aliphatic heterocycles. The van der Waals surface area contributed by atoms with Crippen molar-refractivity contribution in [2.75, 3.05) is 7.11 Å². The first-order valence-electron chi connectivity index (χ1n) is 11.3. The minimum absolute atomic E-state index is 0.214. The highest BCUT2D eigenvalue weighted by atomic mass is 16.5. The Morgan fingerprint density at radius 3 is 2.39 bits per heavy atom. The molecule has 2 aromatic heterocycles. The van der Waals surface area contributed by atoms with Gasteiger partial charge in [0.15, 0.2) is 0 Å². The first kappa shape index (κ1) is 24.5. The zero-order valence-electron chi connectivity index (χ0n) is 20.3. The van der Waals surface area contributed by atoms with Crippen molar-refractivity contribution in [1.82, 2.24) is 14.5 Å². The molecule has 0 fully saturated rings. The highest BCUT2D eigenvalue weighted by Crippen LogP contribution is 2.30. The van der Waals surface area contributed by atoms with Crippen LogP contribution in [0.2, 0.25) is 0 Å². The van der Waals surface area contributed by atoms with Gasteiger partial charge in [0.2, 0.25) is 5.91 Å². The van der Waals surface area contributed by atoms with Crippen LogP contribution in [0.25, 0.3) is 27.6 Å². The van der Waals surface area contributed by atoms with E-state index >= 15 is 0 Å². The van der Waals surface area contributed by atoms with Crippen LogP contribution < -0.4 is 16.0 Å². The lowest BCUT2D eigenvalue weighted by molar-refractivity contribution is -0.119. The van der Waals surface area contributed by atoms with E-state index in [9.17, 15) is 9.59 Å². The Kier molecular flexibility index (Phi) is 7.00. The fourth-order valence-corrected chi connectivity index (χ4v) is 4.02. The summed E-state index contributed by atoms with van der Waals surface area (Å²) >= 11 is 0. The monoisotopic (exact) mass is 482 g/mol. The van der Waals surface area contributed by atoms with Gasteiger partial charge in [-0.25, -0.2) is 15.0 Å². The molecule has 9 nitrogen and oxygen atoms in total. The number of nitrogens with zero attached hydrogens (tertiary/aromatic N) is 5. The van der Waals surface area contributed by atoms with Crippen molar-refractivity contribution >= 4 is 29.2 Å². The number of hydrogen-bond donors (Lipinski definition) is 1. The molecule has 2 heterocycles. The molecule has 2 unspecified atom stereocenters. The molecule has 0 saturated heterocycles. The minimum Gasteiger partial charge on any atom is -0.467 e. The van der Waals surface area contributed by atoms with Crippen LogP contribution in [0, 0.1) is 5.92 Å². The lowest BCUT2D eigenvalue weighted by Gasteiger charge is -2.19. The molecule has 182 valence electrons. The normalized spacial score (nSPS) is 13.2. The maximum atomic E-state index is 14.1. The van der Waals surface area contributed by atoms with Crippen molar-refractivity contribution in [2.24, 2.45) is 21.6 Å². The van der Waals surface area contributed by atoms with Crippen molar-refractivity contribution in [3.63, 3.8) is 0 Å². The predicted molar refractivity (Wildman–Crippen MR) is 141 cm³/mol. The van der Waals surface area contributed by atoms with Gasteiger partial charge in [0, 0.05) is 23.6 Å². The van der Waals surface area contributed by atoms with Crippen LogP contribution >= 0.6 is 0 Å². The van der Waals surface area contributed by atoms with Gasteiger partial charge in [0.25, 0.3) is 5.56 Å². The number of carbonyl (C=O) groups is 1. The largest absolute Gasteiger partial charge is 0.467 e. The van der Waals surface area contributed by atoms with Gasteiger partial charge in [0.1, 0.15) is 5.84 Å². The molecule has 36 heavy (non-hydrogen) atoms. The van der Waals surface area contributed by atoms with E-state index in [1.807, 2.05) is 61.5 Å². The Bertz CT molecular complexity index is 1510. The quantitative estimate of drug-likeness (QED) is 0.317. The molecule has 9 heteroatoms. The summed E-state index contributed by atoms with van der Waals surface area (Å²) < 4.78 is 6.69. The lowest BCUT2D eigenvalue weighted by atomic mass is 9.99. The number of ether oxygens (including phenoxy) is 1. The third kappa shape index (κ3) is 4.63. The van der Waals surface area contributed by atoms with Gasteiger partial charge in [-0.05, 0) is 49.7 Å². The van der Waals surface area contributed by atoms with Crippen LogP contribution in [0.1, 0.15) is 25.6 Å². The number of carbonyl (C=O) groups excluding carboxylic acids is 1. The number of aromatic nitrogens is 3. The standard InChI is InChI=1S/C27H26N6O3/c1-16(24(28)34)25(29-3)32-17(2)22-13-18-9-8-12-21(19-14-30-27(36-4)31-15-19)23(18)26(35)33(22)20-10-6-5-7-11-20/h5-17H,3H2,1-2,4H3,(H2,28,34). The number of methoxy groups -OCH3 is 1. The molecule has 4 rings (SSSR count). The summed E-state index contributed by atoms with van der Waals surface area (Å²) in [5.74, 6) is -1.06. The predicted octanol–water partition coefficient (Wildman–Crippen LogP) is 3.74. The Morgan fingerprint density at radius 2 is 1.78 bits per heavy atom. The topological polar surface area (TPSA) is 125 Å². The van der Waals surface area contributed by atoms with Crippen molar-refractivity contribution in [3.05, 3.63) is 83.0 Å². The number of para-hydroxylation sites is 1. The minimum atomic E-state index is -0.719. The van der Waals surface area contributed by atoms with Crippen LogP contribution in [0.4, 0.5) is 0 Å². The number of nitrogens with two attached hydrogens (primary N) is 1. The zero-order valence-corrected chi connectivity index (χ0v) is 20.3. The first-order valence-corrected chi connectivity index (χ1v) is 11.3. The van der Waals surface area contributed by atoms with Crippen LogP contribution in [-0.4, -0.2) is 40.1 Å². The third-order valence-corrected chi connectivity index (χ3v) is 5.94. The molecule has 0 aliphatic carbocycles. The number of hydrogen-bond acceptors (Lipinski definition) is 6. The highest BCUT2D eigenvalue weighted by Gasteiger charge is 2.21. The van der Waals surface area contributed by atoms with Crippen molar-refractivity contribution in [1.29, 1.82) is 0 Å². The molecule has 2 atom stereocenters. The van der Waals surface area contributed by atoms with Gasteiger partial charge in [-0.2, -0.15) is 0 Å². The van der Waals surface area contributed by atoms with Gasteiger partial charge in [-0.15, -0.1) is 0 Å². The fourth-order valence-electron chi connectivity index (χ4n) is 4.02. The molecule has 0 radical (unpaired) electrons. The second-order valence-electron chi connectivity index (χ2n) is 8.22. The van der Waals surface area contributed by atoms with Gasteiger partial charge >= 0.3 is 6.01 Å². The highest BCUT2D eigenvalue weighted by molar-refractivity contribution is 6.04. The number of fused-ring (bicyclic) bond motifs is 1. The van der Waals surface area contributed by atoms with Crippen LogP contribution in [0.15, 0.2) is 81.8 Å². The summed E-state index contributed by atoms with van der Waals surface area (Å²) in [6, 6.07) is 16.5. The molecule has 0 saturated carbocycles.